The van der Waals surface area contributed by atoms with Crippen LogP contribution >= 0.6 is 0 Å². The normalized spacial score (nSPS) is 12.2. The van der Waals surface area contributed by atoms with Gasteiger partial charge in [-0.3, -0.25) is 0 Å². The van der Waals surface area contributed by atoms with Gasteiger partial charge >= 0.3 is 0 Å². The summed E-state index contributed by atoms with van der Waals surface area (Å²) in [6, 6.07) is 0.413. The van der Waals surface area contributed by atoms with E-state index in [-0.39, 0.29) is 0 Å². The molecule has 1 aromatic rings. The lowest BCUT2D eigenvalue weighted by atomic mass is 10.1. The first kappa shape index (κ1) is 12.7. The van der Waals surface area contributed by atoms with E-state index in [2.05, 4.69) is 41.5 Å². The van der Waals surface area contributed by atoms with E-state index in [1.54, 1.807) is 0 Å². The Kier molecular flexibility index (Phi) is 4.98. The highest BCUT2D eigenvalue weighted by Gasteiger charge is 2.10. The molecule has 0 saturated heterocycles. The Hall–Kier alpha value is -1.36. The second-order valence-corrected chi connectivity index (χ2v) is 3.88. The summed E-state index contributed by atoms with van der Waals surface area (Å²) in [5, 5.41) is 3.39. The van der Waals surface area contributed by atoms with Crippen molar-refractivity contribution >= 4 is 11.6 Å². The van der Waals surface area contributed by atoms with Gasteiger partial charge in [-0.1, -0.05) is 20.3 Å². The molecule has 1 heterocycles. The fourth-order valence-corrected chi connectivity index (χ4v) is 1.73. The smallest absolute Gasteiger partial charge is 0.148 e. The lowest BCUT2D eigenvalue weighted by molar-refractivity contribution is 0.685. The molecule has 0 aliphatic carbocycles. The van der Waals surface area contributed by atoms with E-state index in [0.717, 1.165) is 30.6 Å². The molecule has 5 nitrogen and oxygen atoms in total. The van der Waals surface area contributed by atoms with Crippen LogP contribution in [0.25, 0.3) is 0 Å². The Morgan fingerprint density at radius 1 is 1.31 bits per heavy atom. The number of hydrogen-bond donors (Lipinski definition) is 3. The highest BCUT2D eigenvalue weighted by Crippen LogP contribution is 2.20. The van der Waals surface area contributed by atoms with Crippen LogP contribution in [-0.2, 0) is 6.42 Å². The molecule has 0 bridgehead atoms. The Balaban J connectivity index is 2.86. The molecule has 0 aromatic carbocycles. The molecule has 0 fully saturated rings. The first-order valence-corrected chi connectivity index (χ1v) is 5.79. The van der Waals surface area contributed by atoms with Gasteiger partial charge in [-0.25, -0.2) is 15.8 Å². The Morgan fingerprint density at radius 2 is 2.00 bits per heavy atom. The lowest BCUT2D eigenvalue weighted by Crippen LogP contribution is -2.19. The van der Waals surface area contributed by atoms with Crippen molar-refractivity contribution in [1.82, 2.24) is 9.97 Å². The third-order valence-electron chi connectivity index (χ3n) is 2.54. The maximum absolute atomic E-state index is 5.42. The molecule has 0 radical (unpaired) electrons. The van der Waals surface area contributed by atoms with Gasteiger partial charge in [-0.15, -0.1) is 0 Å². The molecule has 5 heteroatoms. The highest BCUT2D eigenvalue weighted by atomic mass is 15.3. The minimum absolute atomic E-state index is 0.413. The van der Waals surface area contributed by atoms with Crippen molar-refractivity contribution in [3.63, 3.8) is 0 Å². The van der Waals surface area contributed by atoms with Gasteiger partial charge in [0.15, 0.2) is 0 Å². The SMILES string of the molecule is CCCC(C)Nc1ncnc(NN)c1CC. The highest BCUT2D eigenvalue weighted by molar-refractivity contribution is 5.57. The van der Waals surface area contributed by atoms with Crippen molar-refractivity contribution in [1.29, 1.82) is 0 Å². The number of hydrogen-bond acceptors (Lipinski definition) is 5. The van der Waals surface area contributed by atoms with Gasteiger partial charge < -0.3 is 10.7 Å². The van der Waals surface area contributed by atoms with Crippen LogP contribution in [0, 0.1) is 0 Å². The Labute approximate surface area is 96.8 Å². The van der Waals surface area contributed by atoms with E-state index in [9.17, 15) is 0 Å². The van der Waals surface area contributed by atoms with Gasteiger partial charge in [0.2, 0.25) is 0 Å². The van der Waals surface area contributed by atoms with Crippen molar-refractivity contribution < 1.29 is 0 Å². The van der Waals surface area contributed by atoms with Crippen molar-refractivity contribution in [3.8, 4) is 0 Å². The number of rotatable bonds is 6. The third kappa shape index (κ3) is 3.06. The van der Waals surface area contributed by atoms with Crippen LogP contribution in [0.5, 0.6) is 0 Å². The predicted octanol–water partition coefficient (Wildman–Crippen LogP) is 1.93. The van der Waals surface area contributed by atoms with Crippen molar-refractivity contribution in [2.24, 2.45) is 5.84 Å². The average Bonchev–Trinajstić information content (AvgIpc) is 2.29. The summed E-state index contributed by atoms with van der Waals surface area (Å²) in [5.41, 5.74) is 3.64. The standard InChI is InChI=1S/C11H21N5/c1-4-6-8(3)15-10-9(5-2)11(16-12)14-7-13-10/h7-8H,4-6,12H2,1-3H3,(H2,13,14,15,16). The predicted molar refractivity (Wildman–Crippen MR) is 67.2 cm³/mol. The molecule has 1 aromatic heterocycles. The van der Waals surface area contributed by atoms with Crippen LogP contribution in [0.15, 0.2) is 6.33 Å². The first-order chi connectivity index (χ1) is 7.72. The number of nitrogens with zero attached hydrogens (tertiary/aromatic N) is 2. The van der Waals surface area contributed by atoms with Crippen LogP contribution in [-0.4, -0.2) is 16.0 Å². The summed E-state index contributed by atoms with van der Waals surface area (Å²) >= 11 is 0. The zero-order chi connectivity index (χ0) is 12.0. The quantitative estimate of drug-likeness (QED) is 0.507. The van der Waals surface area contributed by atoms with E-state index in [1.165, 1.54) is 6.33 Å². The molecule has 0 aliphatic heterocycles. The Morgan fingerprint density at radius 3 is 2.56 bits per heavy atom. The van der Waals surface area contributed by atoms with Gasteiger partial charge in [-0.2, -0.15) is 0 Å². The molecular weight excluding hydrogens is 202 g/mol. The van der Waals surface area contributed by atoms with Crippen molar-refractivity contribution in [2.75, 3.05) is 10.7 Å². The fraction of sp³-hybridized carbons (Fsp3) is 0.636. The van der Waals surface area contributed by atoms with Crippen molar-refractivity contribution in [3.05, 3.63) is 11.9 Å². The van der Waals surface area contributed by atoms with Gasteiger partial charge in [0.25, 0.3) is 0 Å². The minimum Gasteiger partial charge on any atom is -0.367 e. The van der Waals surface area contributed by atoms with E-state index in [4.69, 9.17) is 5.84 Å². The summed E-state index contributed by atoms with van der Waals surface area (Å²) in [4.78, 5) is 8.36. The molecule has 0 aliphatic rings. The van der Waals surface area contributed by atoms with E-state index in [1.807, 2.05) is 0 Å². The fourth-order valence-electron chi connectivity index (χ4n) is 1.73. The van der Waals surface area contributed by atoms with Gasteiger partial charge in [-0.05, 0) is 19.8 Å². The second-order valence-electron chi connectivity index (χ2n) is 3.88. The largest absolute Gasteiger partial charge is 0.367 e. The zero-order valence-corrected chi connectivity index (χ0v) is 10.2. The van der Waals surface area contributed by atoms with Crippen molar-refractivity contribution in [2.45, 2.75) is 46.1 Å². The summed E-state index contributed by atoms with van der Waals surface area (Å²) in [5.74, 6) is 7.00. The summed E-state index contributed by atoms with van der Waals surface area (Å²) in [6.07, 6.45) is 4.65. The summed E-state index contributed by atoms with van der Waals surface area (Å²) < 4.78 is 0. The number of nitrogen functional groups attached to an aromatic ring is 1. The van der Waals surface area contributed by atoms with E-state index >= 15 is 0 Å². The number of anilines is 2. The monoisotopic (exact) mass is 223 g/mol. The molecule has 90 valence electrons. The van der Waals surface area contributed by atoms with Gasteiger partial charge in [0.1, 0.15) is 18.0 Å². The zero-order valence-electron chi connectivity index (χ0n) is 10.2. The molecule has 1 atom stereocenters. The number of nitrogens with one attached hydrogen (secondary N) is 2. The van der Waals surface area contributed by atoms with Gasteiger partial charge in [0.05, 0.1) is 0 Å². The topological polar surface area (TPSA) is 75.9 Å². The van der Waals surface area contributed by atoms with Crippen LogP contribution in [0.3, 0.4) is 0 Å². The molecule has 0 saturated carbocycles. The molecular formula is C11H21N5. The van der Waals surface area contributed by atoms with Crippen LogP contribution in [0.4, 0.5) is 11.6 Å². The van der Waals surface area contributed by atoms with E-state index < -0.39 is 0 Å². The number of hydrazine groups is 1. The lowest BCUT2D eigenvalue weighted by Gasteiger charge is -2.17. The molecule has 16 heavy (non-hydrogen) atoms. The average molecular weight is 223 g/mol. The molecule has 0 spiro atoms. The third-order valence-corrected chi connectivity index (χ3v) is 2.54. The number of nitrogens with two attached hydrogens (primary N) is 1. The first-order valence-electron chi connectivity index (χ1n) is 5.79. The number of aromatic nitrogens is 2. The summed E-state index contributed by atoms with van der Waals surface area (Å²) in [7, 11) is 0. The van der Waals surface area contributed by atoms with Crippen LogP contribution in [0.1, 0.15) is 39.2 Å². The van der Waals surface area contributed by atoms with Crippen LogP contribution in [0.2, 0.25) is 0 Å². The Bertz CT molecular complexity index is 326. The molecule has 4 N–H and O–H groups in total. The maximum Gasteiger partial charge on any atom is 0.148 e. The molecule has 0 amide bonds. The molecule has 1 rings (SSSR count). The van der Waals surface area contributed by atoms with Gasteiger partial charge in [0, 0.05) is 11.6 Å². The minimum atomic E-state index is 0.413. The molecule has 1 unspecified atom stereocenters. The summed E-state index contributed by atoms with van der Waals surface area (Å²) in [6.45, 7) is 6.39. The van der Waals surface area contributed by atoms with Crippen LogP contribution < -0.4 is 16.6 Å². The maximum atomic E-state index is 5.42. The van der Waals surface area contributed by atoms with E-state index in [0.29, 0.717) is 11.9 Å². The second kappa shape index (κ2) is 6.27.